The van der Waals surface area contributed by atoms with E-state index in [1.165, 1.54) is 16.7 Å². The topological polar surface area (TPSA) is 12.0 Å². The zero-order valence-corrected chi connectivity index (χ0v) is 13.1. The summed E-state index contributed by atoms with van der Waals surface area (Å²) in [5.41, 5.74) is 4.31. The van der Waals surface area contributed by atoms with E-state index in [2.05, 4.69) is 80.8 Å². The Labute approximate surface area is 127 Å². The van der Waals surface area contributed by atoms with Crippen molar-refractivity contribution in [3.63, 3.8) is 0 Å². The number of fused-ring (bicyclic) bond motifs is 1. The molecule has 0 aromatic heterocycles. The molecule has 0 spiro atoms. The first-order valence-corrected chi connectivity index (χ1v) is 6.95. The Balaban J connectivity index is 0.00000147. The van der Waals surface area contributed by atoms with Crippen molar-refractivity contribution >= 4 is 12.4 Å². The summed E-state index contributed by atoms with van der Waals surface area (Å²) in [6.07, 6.45) is 1.11. The van der Waals surface area contributed by atoms with Crippen LogP contribution in [0.2, 0.25) is 0 Å². The molecule has 1 atom stereocenters. The number of hydrogen-bond donors (Lipinski definition) is 1. The van der Waals surface area contributed by atoms with Gasteiger partial charge < -0.3 is 5.32 Å². The normalized spacial score (nSPS) is 22.9. The Bertz CT molecular complexity index is 591. The zero-order valence-electron chi connectivity index (χ0n) is 12.3. The van der Waals surface area contributed by atoms with Crippen LogP contribution in [0.4, 0.5) is 0 Å². The van der Waals surface area contributed by atoms with E-state index >= 15 is 0 Å². The summed E-state index contributed by atoms with van der Waals surface area (Å²) in [5.74, 6) is 0. The summed E-state index contributed by atoms with van der Waals surface area (Å²) in [7, 11) is 2.08. The molecule has 0 bridgehead atoms. The standard InChI is InChI=1S/C18H21N.ClH/c1-17(2)13-14-9-7-8-12-16(14)18(17,19-3)15-10-5-4-6-11-15;/h4-12,19H,13H2,1-3H3;1H. The molecule has 0 radical (unpaired) electrons. The van der Waals surface area contributed by atoms with E-state index in [1.807, 2.05) is 0 Å². The van der Waals surface area contributed by atoms with Gasteiger partial charge in [0, 0.05) is 0 Å². The number of benzene rings is 2. The average molecular weight is 288 g/mol. The van der Waals surface area contributed by atoms with Gasteiger partial charge in [0.15, 0.2) is 0 Å². The van der Waals surface area contributed by atoms with Gasteiger partial charge in [0.2, 0.25) is 0 Å². The summed E-state index contributed by atoms with van der Waals surface area (Å²) in [5, 5.41) is 3.64. The number of halogens is 1. The van der Waals surface area contributed by atoms with E-state index < -0.39 is 0 Å². The summed E-state index contributed by atoms with van der Waals surface area (Å²) in [6.45, 7) is 4.72. The predicted octanol–water partition coefficient (Wildman–Crippen LogP) is 4.15. The van der Waals surface area contributed by atoms with Crippen LogP contribution in [0.1, 0.15) is 30.5 Å². The van der Waals surface area contributed by atoms with Gasteiger partial charge in [0.1, 0.15) is 0 Å². The summed E-state index contributed by atoms with van der Waals surface area (Å²) in [6, 6.07) is 19.6. The van der Waals surface area contributed by atoms with Crippen LogP contribution in [0, 0.1) is 5.41 Å². The number of rotatable bonds is 2. The molecule has 0 saturated carbocycles. The lowest BCUT2D eigenvalue weighted by Gasteiger charge is -2.43. The van der Waals surface area contributed by atoms with Crippen molar-refractivity contribution in [2.45, 2.75) is 25.8 Å². The van der Waals surface area contributed by atoms with E-state index in [-0.39, 0.29) is 23.4 Å². The second kappa shape index (κ2) is 5.23. The molecule has 0 heterocycles. The van der Waals surface area contributed by atoms with Crippen LogP contribution < -0.4 is 5.32 Å². The second-order valence-electron chi connectivity index (χ2n) is 6.08. The van der Waals surface area contributed by atoms with Gasteiger partial charge in [-0.2, -0.15) is 0 Å². The molecule has 106 valence electrons. The highest BCUT2D eigenvalue weighted by molar-refractivity contribution is 5.85. The molecule has 0 amide bonds. The summed E-state index contributed by atoms with van der Waals surface area (Å²) >= 11 is 0. The Kier molecular flexibility index (Phi) is 3.95. The van der Waals surface area contributed by atoms with Gasteiger partial charge in [0.05, 0.1) is 5.54 Å². The van der Waals surface area contributed by atoms with Crippen LogP contribution in [0.5, 0.6) is 0 Å². The lowest BCUT2D eigenvalue weighted by atomic mass is 9.68. The fourth-order valence-electron chi connectivity index (χ4n) is 3.87. The van der Waals surface area contributed by atoms with Gasteiger partial charge in [-0.1, -0.05) is 68.4 Å². The molecule has 2 heteroatoms. The molecule has 1 aliphatic carbocycles. The maximum Gasteiger partial charge on any atom is 0.0745 e. The van der Waals surface area contributed by atoms with E-state index in [0.717, 1.165) is 6.42 Å². The van der Waals surface area contributed by atoms with Gasteiger partial charge in [-0.05, 0) is 35.6 Å². The minimum atomic E-state index is -0.0924. The minimum absolute atomic E-state index is 0. The van der Waals surface area contributed by atoms with Crippen LogP contribution in [0.3, 0.4) is 0 Å². The Morgan fingerprint density at radius 3 is 2.15 bits per heavy atom. The van der Waals surface area contributed by atoms with Crippen molar-refractivity contribution in [1.82, 2.24) is 5.32 Å². The van der Waals surface area contributed by atoms with Crippen molar-refractivity contribution in [1.29, 1.82) is 0 Å². The van der Waals surface area contributed by atoms with E-state index in [1.54, 1.807) is 0 Å². The molecule has 0 fully saturated rings. The molecule has 3 rings (SSSR count). The first-order chi connectivity index (χ1) is 9.12. The lowest BCUT2D eigenvalue weighted by Crippen LogP contribution is -2.50. The van der Waals surface area contributed by atoms with Crippen LogP contribution in [-0.4, -0.2) is 7.05 Å². The Hall–Kier alpha value is -1.31. The SMILES string of the molecule is CNC1(c2ccccc2)c2ccccc2CC1(C)C.Cl. The molecule has 0 aliphatic heterocycles. The van der Waals surface area contributed by atoms with E-state index in [0.29, 0.717) is 0 Å². The maximum atomic E-state index is 3.64. The third-order valence-electron chi connectivity index (χ3n) is 4.65. The first kappa shape index (κ1) is 15.1. The smallest absolute Gasteiger partial charge is 0.0745 e. The van der Waals surface area contributed by atoms with Gasteiger partial charge >= 0.3 is 0 Å². The van der Waals surface area contributed by atoms with Crippen LogP contribution in [0.25, 0.3) is 0 Å². The third kappa shape index (κ3) is 1.88. The van der Waals surface area contributed by atoms with Crippen molar-refractivity contribution < 1.29 is 0 Å². The molecule has 1 nitrogen and oxygen atoms in total. The molecule has 1 aliphatic rings. The average Bonchev–Trinajstić information content (AvgIpc) is 2.66. The Morgan fingerprint density at radius 2 is 1.50 bits per heavy atom. The monoisotopic (exact) mass is 287 g/mol. The lowest BCUT2D eigenvalue weighted by molar-refractivity contribution is 0.194. The molecular weight excluding hydrogens is 266 g/mol. The number of nitrogens with one attached hydrogen (secondary N) is 1. The van der Waals surface area contributed by atoms with Crippen LogP contribution >= 0.6 is 12.4 Å². The first-order valence-electron chi connectivity index (χ1n) is 6.95. The van der Waals surface area contributed by atoms with E-state index in [4.69, 9.17) is 0 Å². The minimum Gasteiger partial charge on any atom is -0.306 e. The molecule has 1 N–H and O–H groups in total. The fraction of sp³-hybridized carbons (Fsp3) is 0.333. The largest absolute Gasteiger partial charge is 0.306 e. The predicted molar refractivity (Wildman–Crippen MR) is 87.5 cm³/mol. The van der Waals surface area contributed by atoms with Crippen molar-refractivity contribution in [2.75, 3.05) is 7.05 Å². The third-order valence-corrected chi connectivity index (χ3v) is 4.65. The molecule has 20 heavy (non-hydrogen) atoms. The number of hydrogen-bond acceptors (Lipinski definition) is 1. The maximum absolute atomic E-state index is 3.64. The van der Waals surface area contributed by atoms with Gasteiger partial charge in [0.25, 0.3) is 0 Å². The van der Waals surface area contributed by atoms with Crippen molar-refractivity contribution in [3.05, 3.63) is 71.3 Å². The summed E-state index contributed by atoms with van der Waals surface area (Å²) in [4.78, 5) is 0. The molecule has 2 aromatic carbocycles. The van der Waals surface area contributed by atoms with Gasteiger partial charge in [-0.3, -0.25) is 0 Å². The molecule has 0 saturated heterocycles. The highest BCUT2D eigenvalue weighted by atomic mass is 35.5. The summed E-state index contributed by atoms with van der Waals surface area (Å²) < 4.78 is 0. The molecule has 2 aromatic rings. The van der Waals surface area contributed by atoms with Crippen LogP contribution in [0.15, 0.2) is 54.6 Å². The quantitative estimate of drug-likeness (QED) is 0.875. The second-order valence-corrected chi connectivity index (χ2v) is 6.08. The highest BCUT2D eigenvalue weighted by Gasteiger charge is 2.52. The fourth-order valence-corrected chi connectivity index (χ4v) is 3.87. The van der Waals surface area contributed by atoms with Gasteiger partial charge in [-0.15, -0.1) is 12.4 Å². The van der Waals surface area contributed by atoms with Crippen molar-refractivity contribution in [3.8, 4) is 0 Å². The Morgan fingerprint density at radius 1 is 0.900 bits per heavy atom. The van der Waals surface area contributed by atoms with Gasteiger partial charge in [-0.25, -0.2) is 0 Å². The molecular formula is C18H22ClN. The highest BCUT2D eigenvalue weighted by Crippen LogP contribution is 2.53. The van der Waals surface area contributed by atoms with E-state index in [9.17, 15) is 0 Å². The van der Waals surface area contributed by atoms with Crippen molar-refractivity contribution in [2.24, 2.45) is 5.41 Å². The molecule has 1 unspecified atom stereocenters. The zero-order chi connectivity index (χ0) is 13.5. The van der Waals surface area contributed by atoms with Crippen LogP contribution in [-0.2, 0) is 12.0 Å².